The monoisotopic (exact) mass is 345 g/mol. The maximum absolute atomic E-state index is 12.6. The molecule has 0 saturated heterocycles. The molecule has 4 heteroatoms. The Morgan fingerprint density at radius 3 is 2.36 bits per heavy atom. The third-order valence-corrected chi connectivity index (χ3v) is 4.34. The van der Waals surface area contributed by atoms with E-state index in [9.17, 15) is 4.79 Å². The first-order valence-corrected chi connectivity index (χ1v) is 9.20. The Bertz CT molecular complexity index is 566. The molecule has 138 valence electrons. The smallest absolute Gasteiger partial charge is 0.415 e. The van der Waals surface area contributed by atoms with Crippen LogP contribution in [0, 0.1) is 5.92 Å². The van der Waals surface area contributed by atoms with Crippen molar-refractivity contribution in [2.24, 2.45) is 5.92 Å². The number of benzene rings is 1. The van der Waals surface area contributed by atoms with Crippen LogP contribution < -0.4 is 9.64 Å². The van der Waals surface area contributed by atoms with Crippen molar-refractivity contribution in [3.8, 4) is 5.75 Å². The number of methoxy groups -OCH3 is 1. The Kier molecular flexibility index (Phi) is 6.91. The summed E-state index contributed by atoms with van der Waals surface area (Å²) in [6.07, 6.45) is 10.5. The molecular formula is C21H31NO3. The van der Waals surface area contributed by atoms with Crippen LogP contribution in [-0.2, 0) is 4.74 Å². The van der Waals surface area contributed by atoms with Crippen LogP contribution in [-0.4, -0.2) is 25.3 Å². The van der Waals surface area contributed by atoms with Crippen molar-refractivity contribution >= 4 is 11.8 Å². The quantitative estimate of drug-likeness (QED) is 0.655. The van der Waals surface area contributed by atoms with Crippen LogP contribution in [0.25, 0.3) is 0 Å². The van der Waals surface area contributed by atoms with Gasteiger partial charge in [-0.05, 0) is 63.8 Å². The predicted octanol–water partition coefficient (Wildman–Crippen LogP) is 5.57. The standard InChI is InChI=1S/C21H31NO3/c1-21(2,3)25-20(23)22(18-12-14-19(24-4)15-13-18)16-8-11-17-9-6-5-7-10-17/h8,11-15,17H,5-7,9-10,16H2,1-4H3. The molecule has 1 aromatic carbocycles. The molecule has 1 amide bonds. The lowest BCUT2D eigenvalue weighted by Crippen LogP contribution is -2.37. The molecule has 0 spiro atoms. The van der Waals surface area contributed by atoms with Crippen molar-refractivity contribution in [2.45, 2.75) is 58.5 Å². The van der Waals surface area contributed by atoms with Crippen LogP contribution in [0.15, 0.2) is 36.4 Å². The minimum Gasteiger partial charge on any atom is -0.497 e. The third kappa shape index (κ3) is 6.45. The van der Waals surface area contributed by atoms with Gasteiger partial charge in [0.05, 0.1) is 7.11 Å². The average Bonchev–Trinajstić information content (AvgIpc) is 2.58. The minimum atomic E-state index is -0.519. The van der Waals surface area contributed by atoms with Gasteiger partial charge in [-0.2, -0.15) is 0 Å². The molecule has 25 heavy (non-hydrogen) atoms. The summed E-state index contributed by atoms with van der Waals surface area (Å²) in [5, 5.41) is 0. The van der Waals surface area contributed by atoms with E-state index in [1.807, 2.05) is 45.0 Å². The van der Waals surface area contributed by atoms with Crippen LogP contribution >= 0.6 is 0 Å². The molecule has 0 N–H and O–H groups in total. The lowest BCUT2D eigenvalue weighted by atomic mass is 9.89. The topological polar surface area (TPSA) is 38.8 Å². The van der Waals surface area contributed by atoms with Crippen LogP contribution in [0.3, 0.4) is 0 Å². The Balaban J connectivity index is 2.09. The summed E-state index contributed by atoms with van der Waals surface area (Å²) in [4.78, 5) is 14.3. The molecule has 0 aliphatic heterocycles. The van der Waals surface area contributed by atoms with E-state index < -0.39 is 5.60 Å². The zero-order valence-corrected chi connectivity index (χ0v) is 16.0. The fraction of sp³-hybridized carbons (Fsp3) is 0.571. The van der Waals surface area contributed by atoms with Crippen molar-refractivity contribution in [3.63, 3.8) is 0 Å². The lowest BCUT2D eigenvalue weighted by Gasteiger charge is -2.27. The molecule has 0 atom stereocenters. The number of ether oxygens (including phenoxy) is 2. The van der Waals surface area contributed by atoms with E-state index in [0.29, 0.717) is 12.5 Å². The van der Waals surface area contributed by atoms with Crippen molar-refractivity contribution in [1.82, 2.24) is 0 Å². The Labute approximate surface area is 151 Å². The van der Waals surface area contributed by atoms with E-state index >= 15 is 0 Å². The molecular weight excluding hydrogens is 314 g/mol. The van der Waals surface area contributed by atoms with Gasteiger partial charge in [0.25, 0.3) is 0 Å². The summed E-state index contributed by atoms with van der Waals surface area (Å²) in [7, 11) is 1.63. The summed E-state index contributed by atoms with van der Waals surface area (Å²) >= 11 is 0. The lowest BCUT2D eigenvalue weighted by molar-refractivity contribution is 0.0584. The van der Waals surface area contributed by atoms with Crippen molar-refractivity contribution in [2.75, 3.05) is 18.6 Å². The van der Waals surface area contributed by atoms with E-state index in [-0.39, 0.29) is 6.09 Å². The predicted molar refractivity (Wildman–Crippen MR) is 102 cm³/mol. The third-order valence-electron chi connectivity index (χ3n) is 4.34. The number of carbonyl (C=O) groups is 1. The second-order valence-corrected chi connectivity index (χ2v) is 7.62. The fourth-order valence-electron chi connectivity index (χ4n) is 3.05. The van der Waals surface area contributed by atoms with Crippen LogP contribution in [0.4, 0.5) is 10.5 Å². The Morgan fingerprint density at radius 2 is 1.80 bits per heavy atom. The maximum Gasteiger partial charge on any atom is 0.415 e. The SMILES string of the molecule is COc1ccc(N(CC=CC2CCCCC2)C(=O)OC(C)(C)C)cc1. The number of anilines is 1. The van der Waals surface area contributed by atoms with E-state index in [4.69, 9.17) is 9.47 Å². The normalized spacial score (nSPS) is 16.0. The van der Waals surface area contributed by atoms with Crippen molar-refractivity contribution < 1.29 is 14.3 Å². The number of hydrogen-bond acceptors (Lipinski definition) is 3. The summed E-state index contributed by atoms with van der Waals surface area (Å²) in [6.45, 7) is 6.16. The molecule has 0 unspecified atom stereocenters. The summed E-state index contributed by atoms with van der Waals surface area (Å²) in [5.74, 6) is 1.41. The number of nitrogens with zero attached hydrogens (tertiary/aromatic N) is 1. The van der Waals surface area contributed by atoms with E-state index in [0.717, 1.165) is 11.4 Å². The first-order valence-electron chi connectivity index (χ1n) is 9.20. The van der Waals surface area contributed by atoms with Gasteiger partial charge in [0.15, 0.2) is 0 Å². The second kappa shape index (κ2) is 8.93. The first kappa shape index (κ1) is 19.4. The fourth-order valence-corrected chi connectivity index (χ4v) is 3.05. The highest BCUT2D eigenvalue weighted by Gasteiger charge is 2.23. The molecule has 2 rings (SSSR count). The first-order chi connectivity index (χ1) is 11.9. The zero-order valence-electron chi connectivity index (χ0n) is 16.0. The average molecular weight is 345 g/mol. The Hall–Kier alpha value is -1.97. The number of carbonyl (C=O) groups excluding carboxylic acids is 1. The summed E-state index contributed by atoms with van der Waals surface area (Å²) in [5.41, 5.74) is 0.290. The molecule has 1 aromatic rings. The van der Waals surface area contributed by atoms with Gasteiger partial charge in [-0.1, -0.05) is 31.4 Å². The Morgan fingerprint density at radius 1 is 1.16 bits per heavy atom. The summed E-state index contributed by atoms with van der Waals surface area (Å²) < 4.78 is 10.8. The molecule has 1 aliphatic rings. The number of amides is 1. The largest absolute Gasteiger partial charge is 0.497 e. The molecule has 1 aliphatic carbocycles. The number of hydrogen-bond donors (Lipinski definition) is 0. The van der Waals surface area contributed by atoms with Crippen LogP contribution in [0.1, 0.15) is 52.9 Å². The molecule has 0 aromatic heterocycles. The molecule has 0 radical (unpaired) electrons. The molecule has 4 nitrogen and oxygen atoms in total. The summed E-state index contributed by atoms with van der Waals surface area (Å²) in [6, 6.07) is 7.49. The highest BCUT2D eigenvalue weighted by atomic mass is 16.6. The van der Waals surface area contributed by atoms with Crippen molar-refractivity contribution in [1.29, 1.82) is 0 Å². The van der Waals surface area contributed by atoms with Gasteiger partial charge in [0.1, 0.15) is 11.4 Å². The van der Waals surface area contributed by atoms with Gasteiger partial charge < -0.3 is 9.47 Å². The second-order valence-electron chi connectivity index (χ2n) is 7.62. The zero-order chi connectivity index (χ0) is 18.3. The molecule has 1 fully saturated rings. The number of allylic oxidation sites excluding steroid dienone is 1. The van der Waals surface area contributed by atoms with Gasteiger partial charge in [-0.3, -0.25) is 4.90 Å². The van der Waals surface area contributed by atoms with Gasteiger partial charge >= 0.3 is 6.09 Å². The number of rotatable bonds is 5. The van der Waals surface area contributed by atoms with Crippen LogP contribution in [0.2, 0.25) is 0 Å². The molecule has 1 saturated carbocycles. The van der Waals surface area contributed by atoms with Gasteiger partial charge in [-0.15, -0.1) is 0 Å². The van der Waals surface area contributed by atoms with E-state index in [2.05, 4.69) is 12.2 Å². The van der Waals surface area contributed by atoms with E-state index in [1.54, 1.807) is 12.0 Å². The highest BCUT2D eigenvalue weighted by molar-refractivity contribution is 5.88. The van der Waals surface area contributed by atoms with E-state index in [1.165, 1.54) is 32.1 Å². The maximum atomic E-state index is 12.6. The highest BCUT2D eigenvalue weighted by Crippen LogP contribution is 2.25. The van der Waals surface area contributed by atoms with Gasteiger partial charge in [0, 0.05) is 12.2 Å². The van der Waals surface area contributed by atoms with Crippen molar-refractivity contribution in [3.05, 3.63) is 36.4 Å². The minimum absolute atomic E-state index is 0.328. The van der Waals surface area contributed by atoms with Gasteiger partial charge in [-0.25, -0.2) is 4.79 Å². The molecule has 0 heterocycles. The molecule has 0 bridgehead atoms. The van der Waals surface area contributed by atoms with Crippen LogP contribution in [0.5, 0.6) is 5.75 Å². The van der Waals surface area contributed by atoms with Gasteiger partial charge in [0.2, 0.25) is 0 Å².